The molecule has 114 valence electrons. The number of aromatic nitrogens is 2. The van der Waals surface area contributed by atoms with Crippen molar-refractivity contribution in [2.24, 2.45) is 0 Å². The first-order valence-electron chi connectivity index (χ1n) is 7.48. The summed E-state index contributed by atoms with van der Waals surface area (Å²) >= 11 is 0. The fourth-order valence-corrected chi connectivity index (χ4v) is 3.17. The largest absolute Gasteiger partial charge is 0.454 e. The van der Waals surface area contributed by atoms with Gasteiger partial charge < -0.3 is 14.0 Å². The van der Waals surface area contributed by atoms with E-state index in [9.17, 15) is 4.79 Å². The fraction of sp³-hybridized carbons (Fsp3) is 0.176. The number of para-hydroxylation sites is 2. The molecule has 0 N–H and O–H groups in total. The molecular weight excluding hydrogens is 294 g/mol. The van der Waals surface area contributed by atoms with Gasteiger partial charge >= 0.3 is 0 Å². The van der Waals surface area contributed by atoms with Crippen LogP contribution in [0.15, 0.2) is 42.5 Å². The molecule has 0 saturated carbocycles. The summed E-state index contributed by atoms with van der Waals surface area (Å²) in [6.07, 6.45) is 0. The van der Waals surface area contributed by atoms with Crippen LogP contribution in [-0.2, 0) is 6.54 Å². The first kappa shape index (κ1) is 12.5. The van der Waals surface area contributed by atoms with Crippen LogP contribution in [-0.4, -0.2) is 28.8 Å². The molecule has 2 aromatic carbocycles. The summed E-state index contributed by atoms with van der Waals surface area (Å²) in [5.74, 6) is 1.92. The van der Waals surface area contributed by atoms with Crippen LogP contribution in [0.3, 0.4) is 0 Å². The molecule has 2 aliphatic heterocycles. The molecule has 23 heavy (non-hydrogen) atoms. The maximum Gasteiger partial charge on any atom is 0.260 e. The van der Waals surface area contributed by atoms with Crippen molar-refractivity contribution < 1.29 is 14.3 Å². The Morgan fingerprint density at radius 3 is 2.87 bits per heavy atom. The van der Waals surface area contributed by atoms with Crippen LogP contribution in [0.1, 0.15) is 10.4 Å². The predicted molar refractivity (Wildman–Crippen MR) is 84.0 cm³/mol. The second-order valence-electron chi connectivity index (χ2n) is 5.58. The Morgan fingerprint density at radius 2 is 1.91 bits per heavy atom. The van der Waals surface area contributed by atoms with E-state index in [1.165, 1.54) is 0 Å². The molecule has 0 atom stereocenters. The van der Waals surface area contributed by atoms with E-state index < -0.39 is 0 Å². The summed E-state index contributed by atoms with van der Waals surface area (Å²) in [5, 5.41) is 0. The number of nitrogens with zero attached hydrogens (tertiary/aromatic N) is 3. The average molecular weight is 307 g/mol. The molecule has 5 rings (SSSR count). The maximum absolute atomic E-state index is 12.9. The van der Waals surface area contributed by atoms with Crippen molar-refractivity contribution in [3.63, 3.8) is 0 Å². The number of benzene rings is 2. The van der Waals surface area contributed by atoms with E-state index in [1.54, 1.807) is 23.1 Å². The smallest absolute Gasteiger partial charge is 0.260 e. The third kappa shape index (κ3) is 1.75. The van der Waals surface area contributed by atoms with Crippen LogP contribution in [0.2, 0.25) is 0 Å². The molecule has 6 heteroatoms. The highest BCUT2D eigenvalue weighted by molar-refractivity contribution is 6.06. The molecule has 1 amide bonds. The van der Waals surface area contributed by atoms with Gasteiger partial charge in [0.25, 0.3) is 5.91 Å². The number of rotatable bonds is 1. The Labute approximate surface area is 131 Å². The number of ether oxygens (including phenoxy) is 2. The molecule has 3 heterocycles. The van der Waals surface area contributed by atoms with Crippen LogP contribution in [0.5, 0.6) is 11.5 Å². The molecule has 0 bridgehead atoms. The zero-order chi connectivity index (χ0) is 15.4. The van der Waals surface area contributed by atoms with Crippen molar-refractivity contribution in [3.8, 4) is 11.5 Å². The molecule has 0 aliphatic carbocycles. The topological polar surface area (TPSA) is 56.6 Å². The van der Waals surface area contributed by atoms with E-state index in [4.69, 9.17) is 9.47 Å². The Bertz CT molecular complexity index is 947. The summed E-state index contributed by atoms with van der Waals surface area (Å²) in [5.41, 5.74) is 2.55. The monoisotopic (exact) mass is 307 g/mol. The molecule has 0 saturated heterocycles. The van der Waals surface area contributed by atoms with Gasteiger partial charge in [0.15, 0.2) is 11.5 Å². The Balaban J connectivity index is 1.55. The van der Waals surface area contributed by atoms with Gasteiger partial charge in [-0.3, -0.25) is 9.69 Å². The lowest BCUT2D eigenvalue weighted by Gasteiger charge is -2.14. The number of hydrogen-bond acceptors (Lipinski definition) is 4. The van der Waals surface area contributed by atoms with E-state index in [-0.39, 0.29) is 12.7 Å². The van der Waals surface area contributed by atoms with E-state index in [1.807, 2.05) is 24.3 Å². The van der Waals surface area contributed by atoms with Crippen LogP contribution in [0.4, 0.5) is 5.95 Å². The molecule has 1 aromatic heterocycles. The van der Waals surface area contributed by atoms with Crippen molar-refractivity contribution in [1.29, 1.82) is 0 Å². The minimum atomic E-state index is -0.0719. The van der Waals surface area contributed by atoms with Crippen LogP contribution in [0.25, 0.3) is 11.0 Å². The molecule has 6 nitrogen and oxygen atoms in total. The molecule has 0 unspecified atom stereocenters. The summed E-state index contributed by atoms with van der Waals surface area (Å²) in [6, 6.07) is 13.2. The lowest BCUT2D eigenvalue weighted by atomic mass is 10.2. The minimum absolute atomic E-state index is 0.0719. The third-order valence-corrected chi connectivity index (χ3v) is 4.29. The molecule has 0 radical (unpaired) electrons. The highest BCUT2D eigenvalue weighted by atomic mass is 16.7. The van der Waals surface area contributed by atoms with Crippen molar-refractivity contribution in [2.45, 2.75) is 6.54 Å². The highest BCUT2D eigenvalue weighted by Crippen LogP contribution is 2.34. The minimum Gasteiger partial charge on any atom is -0.454 e. The van der Waals surface area contributed by atoms with Gasteiger partial charge in [-0.25, -0.2) is 4.98 Å². The SMILES string of the molecule is O=C(c1ccc2c(c1)OCO2)N1CCn2c1nc1ccccc12. The number of carbonyl (C=O) groups excluding carboxylic acids is 1. The summed E-state index contributed by atoms with van der Waals surface area (Å²) < 4.78 is 12.7. The van der Waals surface area contributed by atoms with E-state index in [0.29, 0.717) is 29.6 Å². The number of fused-ring (bicyclic) bond motifs is 4. The van der Waals surface area contributed by atoms with Gasteiger partial charge in [0, 0.05) is 18.7 Å². The molecule has 0 spiro atoms. The lowest BCUT2D eigenvalue weighted by molar-refractivity contribution is 0.0988. The molecular formula is C17H13N3O3. The molecule has 2 aliphatic rings. The fourth-order valence-electron chi connectivity index (χ4n) is 3.17. The summed E-state index contributed by atoms with van der Waals surface area (Å²) in [7, 11) is 0. The molecule has 0 fully saturated rings. The quantitative estimate of drug-likeness (QED) is 0.693. The predicted octanol–water partition coefficient (Wildman–Crippen LogP) is 2.43. The first-order valence-corrected chi connectivity index (χ1v) is 7.48. The second-order valence-corrected chi connectivity index (χ2v) is 5.58. The van der Waals surface area contributed by atoms with E-state index >= 15 is 0 Å². The van der Waals surface area contributed by atoms with Gasteiger partial charge in [0.2, 0.25) is 12.7 Å². The van der Waals surface area contributed by atoms with Gasteiger partial charge in [-0.05, 0) is 30.3 Å². The van der Waals surface area contributed by atoms with Crippen LogP contribution < -0.4 is 14.4 Å². The van der Waals surface area contributed by atoms with Crippen molar-refractivity contribution >= 4 is 22.9 Å². The lowest BCUT2D eigenvalue weighted by Crippen LogP contribution is -2.29. The van der Waals surface area contributed by atoms with Crippen molar-refractivity contribution in [2.75, 3.05) is 18.2 Å². The number of carbonyl (C=O) groups is 1. The molecule has 3 aromatic rings. The standard InChI is InChI=1S/C17H13N3O3/c21-16(11-5-6-14-15(9-11)23-10-22-14)20-8-7-19-13-4-2-1-3-12(13)18-17(19)20/h1-6,9H,7-8,10H2. The van der Waals surface area contributed by atoms with Crippen molar-refractivity contribution in [3.05, 3.63) is 48.0 Å². The Morgan fingerprint density at radius 1 is 1.04 bits per heavy atom. The number of imidazole rings is 1. The maximum atomic E-state index is 12.9. The van der Waals surface area contributed by atoms with Gasteiger partial charge in [-0.1, -0.05) is 12.1 Å². The number of anilines is 1. The van der Waals surface area contributed by atoms with Gasteiger partial charge in [0.1, 0.15) is 0 Å². The summed E-state index contributed by atoms with van der Waals surface area (Å²) in [4.78, 5) is 19.2. The van der Waals surface area contributed by atoms with Gasteiger partial charge in [-0.2, -0.15) is 0 Å². The normalized spacial score (nSPS) is 15.2. The zero-order valence-electron chi connectivity index (χ0n) is 12.2. The zero-order valence-corrected chi connectivity index (χ0v) is 12.2. The number of amides is 1. The van der Waals surface area contributed by atoms with Crippen LogP contribution in [0, 0.1) is 0 Å². The summed E-state index contributed by atoms with van der Waals surface area (Å²) in [6.45, 7) is 1.58. The first-order chi connectivity index (χ1) is 11.3. The van der Waals surface area contributed by atoms with Gasteiger partial charge in [-0.15, -0.1) is 0 Å². The Hall–Kier alpha value is -3.02. The Kier molecular flexibility index (Phi) is 2.44. The highest BCUT2D eigenvalue weighted by Gasteiger charge is 2.29. The van der Waals surface area contributed by atoms with E-state index in [2.05, 4.69) is 9.55 Å². The second kappa shape index (κ2) is 4.49. The number of hydrogen-bond donors (Lipinski definition) is 0. The van der Waals surface area contributed by atoms with E-state index in [0.717, 1.165) is 17.6 Å². The average Bonchev–Trinajstić information content (AvgIpc) is 3.27. The van der Waals surface area contributed by atoms with Crippen LogP contribution >= 0.6 is 0 Å². The van der Waals surface area contributed by atoms with Crippen molar-refractivity contribution in [1.82, 2.24) is 9.55 Å². The third-order valence-electron chi connectivity index (χ3n) is 4.29. The van der Waals surface area contributed by atoms with Gasteiger partial charge in [0.05, 0.1) is 11.0 Å².